The van der Waals surface area contributed by atoms with Gasteiger partial charge in [-0.25, -0.2) is 9.98 Å². The summed E-state index contributed by atoms with van der Waals surface area (Å²) in [6.45, 7) is 12.7. The Bertz CT molecular complexity index is 582. The van der Waals surface area contributed by atoms with Crippen LogP contribution in [-0.2, 0) is 6.54 Å². The molecule has 0 aromatic carbocycles. The minimum absolute atomic E-state index is 0.243. The molecule has 3 rings (SSSR count). The minimum atomic E-state index is -0.243. The van der Waals surface area contributed by atoms with Crippen LogP contribution in [0.25, 0.3) is 0 Å². The molecule has 3 heterocycles. The summed E-state index contributed by atoms with van der Waals surface area (Å²) in [5.74, 6) is 1.94. The molecule has 1 aromatic heterocycles. The summed E-state index contributed by atoms with van der Waals surface area (Å²) in [4.78, 5) is 16.3. The average molecular weight is 361 g/mol. The third-order valence-corrected chi connectivity index (χ3v) is 5.16. The van der Waals surface area contributed by atoms with E-state index in [1.165, 1.54) is 0 Å². The zero-order valence-electron chi connectivity index (χ0n) is 16.1. The molecule has 7 heteroatoms. The summed E-state index contributed by atoms with van der Waals surface area (Å²) < 4.78 is 0. The second-order valence-corrected chi connectivity index (χ2v) is 7.00. The van der Waals surface area contributed by atoms with Crippen molar-refractivity contribution in [1.82, 2.24) is 20.1 Å². The van der Waals surface area contributed by atoms with E-state index in [-0.39, 0.29) is 6.10 Å². The highest BCUT2D eigenvalue weighted by molar-refractivity contribution is 5.80. The SMILES string of the molecule is CCNC(=NCc1ccc(N2CCN(CC)CC2)nc1)N1CC[C@@H](O)C1. The highest BCUT2D eigenvalue weighted by atomic mass is 16.3. The number of aliphatic hydroxyl groups excluding tert-OH is 1. The van der Waals surface area contributed by atoms with E-state index in [9.17, 15) is 5.11 Å². The number of β-amino-alcohol motifs (C(OH)–C–C–N with tert-alkyl or cyclic N) is 1. The number of piperazine rings is 1. The van der Waals surface area contributed by atoms with Crippen molar-refractivity contribution >= 4 is 11.8 Å². The topological polar surface area (TPSA) is 67.2 Å². The molecule has 144 valence electrons. The molecule has 0 bridgehead atoms. The van der Waals surface area contributed by atoms with Gasteiger partial charge in [0.25, 0.3) is 0 Å². The number of anilines is 1. The Hall–Kier alpha value is -1.86. The van der Waals surface area contributed by atoms with Crippen LogP contribution in [-0.4, -0.2) is 84.3 Å². The van der Waals surface area contributed by atoms with E-state index in [0.717, 1.165) is 69.6 Å². The van der Waals surface area contributed by atoms with Crippen molar-refractivity contribution in [2.45, 2.75) is 32.9 Å². The van der Waals surface area contributed by atoms with Crippen molar-refractivity contribution in [2.75, 3.05) is 57.3 Å². The van der Waals surface area contributed by atoms with Crippen LogP contribution in [0.2, 0.25) is 0 Å². The van der Waals surface area contributed by atoms with Gasteiger partial charge in [0.05, 0.1) is 12.6 Å². The largest absolute Gasteiger partial charge is 0.391 e. The van der Waals surface area contributed by atoms with Crippen LogP contribution in [0.15, 0.2) is 23.3 Å². The summed E-state index contributed by atoms with van der Waals surface area (Å²) in [5.41, 5.74) is 1.11. The summed E-state index contributed by atoms with van der Waals surface area (Å²) in [6, 6.07) is 4.24. The predicted molar refractivity (Wildman–Crippen MR) is 106 cm³/mol. The van der Waals surface area contributed by atoms with Gasteiger partial charge in [-0.15, -0.1) is 0 Å². The number of pyridine rings is 1. The van der Waals surface area contributed by atoms with Crippen molar-refractivity contribution in [3.8, 4) is 0 Å². The summed E-state index contributed by atoms with van der Waals surface area (Å²) in [7, 11) is 0. The molecule has 2 aliphatic heterocycles. The Balaban J connectivity index is 1.57. The van der Waals surface area contributed by atoms with Crippen LogP contribution in [0.4, 0.5) is 5.82 Å². The van der Waals surface area contributed by atoms with Crippen LogP contribution in [0.3, 0.4) is 0 Å². The number of aromatic nitrogens is 1. The fourth-order valence-corrected chi connectivity index (χ4v) is 3.52. The van der Waals surface area contributed by atoms with E-state index in [2.05, 4.69) is 51.0 Å². The number of rotatable bonds is 5. The highest BCUT2D eigenvalue weighted by Gasteiger charge is 2.22. The molecule has 0 radical (unpaired) electrons. The third-order valence-electron chi connectivity index (χ3n) is 5.16. The maximum absolute atomic E-state index is 9.75. The highest BCUT2D eigenvalue weighted by Crippen LogP contribution is 2.15. The number of hydrogen-bond acceptors (Lipinski definition) is 5. The molecule has 0 amide bonds. The lowest BCUT2D eigenvalue weighted by atomic mass is 10.2. The molecule has 2 aliphatic rings. The lowest BCUT2D eigenvalue weighted by molar-refractivity contribution is 0.188. The van der Waals surface area contributed by atoms with Crippen LogP contribution in [0.1, 0.15) is 25.8 Å². The number of likely N-dealkylation sites (N-methyl/N-ethyl adjacent to an activating group) is 1. The molecule has 26 heavy (non-hydrogen) atoms. The van der Waals surface area contributed by atoms with E-state index < -0.39 is 0 Å². The van der Waals surface area contributed by atoms with Gasteiger partial charge in [0, 0.05) is 52.0 Å². The summed E-state index contributed by atoms with van der Waals surface area (Å²) in [6.07, 6.45) is 2.51. The van der Waals surface area contributed by atoms with Gasteiger partial charge in [0.1, 0.15) is 5.82 Å². The van der Waals surface area contributed by atoms with Crippen molar-refractivity contribution < 1.29 is 5.11 Å². The first kappa shape index (κ1) is 18.9. The second-order valence-electron chi connectivity index (χ2n) is 7.00. The average Bonchev–Trinajstić information content (AvgIpc) is 3.12. The van der Waals surface area contributed by atoms with E-state index in [4.69, 9.17) is 4.99 Å². The molecule has 2 saturated heterocycles. The Kier molecular flexibility index (Phi) is 6.68. The Labute approximate surface area is 156 Å². The van der Waals surface area contributed by atoms with Crippen molar-refractivity contribution in [3.63, 3.8) is 0 Å². The first-order valence-electron chi connectivity index (χ1n) is 9.83. The van der Waals surface area contributed by atoms with E-state index in [0.29, 0.717) is 13.1 Å². The standard InChI is InChI=1S/C19H32N6O/c1-3-20-19(25-8-7-17(26)15-25)22-14-16-5-6-18(21-13-16)24-11-9-23(4-2)10-12-24/h5-6,13,17,26H,3-4,7-12,14-15H2,1-2H3,(H,20,22)/t17-/m1/s1. The molecule has 2 N–H and O–H groups in total. The first-order valence-corrected chi connectivity index (χ1v) is 9.83. The van der Waals surface area contributed by atoms with Crippen molar-refractivity contribution in [1.29, 1.82) is 0 Å². The number of nitrogens with zero attached hydrogens (tertiary/aromatic N) is 5. The second kappa shape index (κ2) is 9.19. The number of aliphatic imine (C=N–C) groups is 1. The van der Waals surface area contributed by atoms with E-state index in [1.54, 1.807) is 0 Å². The lowest BCUT2D eigenvalue weighted by Gasteiger charge is -2.34. The monoisotopic (exact) mass is 360 g/mol. The molecule has 0 unspecified atom stereocenters. The molecule has 2 fully saturated rings. The Morgan fingerprint density at radius 2 is 2.04 bits per heavy atom. The Morgan fingerprint density at radius 1 is 1.23 bits per heavy atom. The van der Waals surface area contributed by atoms with Gasteiger partial charge in [-0.05, 0) is 31.5 Å². The fraction of sp³-hybridized carbons (Fsp3) is 0.684. The zero-order chi connectivity index (χ0) is 18.4. The fourth-order valence-electron chi connectivity index (χ4n) is 3.52. The van der Waals surface area contributed by atoms with E-state index in [1.807, 2.05) is 6.20 Å². The first-order chi connectivity index (χ1) is 12.7. The zero-order valence-corrected chi connectivity index (χ0v) is 16.1. The molecule has 0 spiro atoms. The molecular formula is C19H32N6O. The lowest BCUT2D eigenvalue weighted by Crippen LogP contribution is -2.46. The van der Waals surface area contributed by atoms with Crippen LogP contribution in [0.5, 0.6) is 0 Å². The van der Waals surface area contributed by atoms with Gasteiger partial charge in [0.2, 0.25) is 0 Å². The van der Waals surface area contributed by atoms with Gasteiger partial charge < -0.3 is 25.1 Å². The van der Waals surface area contributed by atoms with E-state index >= 15 is 0 Å². The van der Waals surface area contributed by atoms with Gasteiger partial charge >= 0.3 is 0 Å². The molecule has 1 aromatic rings. The van der Waals surface area contributed by atoms with Gasteiger partial charge in [-0.2, -0.15) is 0 Å². The van der Waals surface area contributed by atoms with Gasteiger partial charge in [-0.3, -0.25) is 0 Å². The molecule has 0 aliphatic carbocycles. The normalized spacial score (nSPS) is 22.1. The van der Waals surface area contributed by atoms with Crippen molar-refractivity contribution in [3.05, 3.63) is 23.9 Å². The van der Waals surface area contributed by atoms with Crippen LogP contribution >= 0.6 is 0 Å². The summed E-state index contributed by atoms with van der Waals surface area (Å²) >= 11 is 0. The maximum atomic E-state index is 9.75. The van der Waals surface area contributed by atoms with Crippen LogP contribution < -0.4 is 10.2 Å². The predicted octanol–water partition coefficient (Wildman–Crippen LogP) is 0.756. The number of hydrogen-bond donors (Lipinski definition) is 2. The maximum Gasteiger partial charge on any atom is 0.194 e. The van der Waals surface area contributed by atoms with Crippen molar-refractivity contribution in [2.24, 2.45) is 4.99 Å². The minimum Gasteiger partial charge on any atom is -0.391 e. The number of likely N-dealkylation sites (tertiary alicyclic amines) is 1. The van der Waals surface area contributed by atoms with Gasteiger partial charge in [0.15, 0.2) is 5.96 Å². The molecule has 1 atom stereocenters. The Morgan fingerprint density at radius 3 is 2.62 bits per heavy atom. The molecular weight excluding hydrogens is 328 g/mol. The number of nitrogens with one attached hydrogen (secondary N) is 1. The quantitative estimate of drug-likeness (QED) is 0.597. The smallest absolute Gasteiger partial charge is 0.194 e. The van der Waals surface area contributed by atoms with Crippen LogP contribution in [0, 0.1) is 0 Å². The third kappa shape index (κ3) is 4.86. The number of guanidine groups is 1. The van der Waals surface area contributed by atoms with Gasteiger partial charge in [-0.1, -0.05) is 13.0 Å². The molecule has 7 nitrogen and oxygen atoms in total. The number of aliphatic hydroxyl groups is 1. The molecule has 0 saturated carbocycles. The summed E-state index contributed by atoms with van der Waals surface area (Å²) in [5, 5.41) is 13.1.